The average Bonchev–Trinajstić information content (AvgIpc) is 2.38. The van der Waals surface area contributed by atoms with Crippen molar-refractivity contribution in [3.8, 4) is 0 Å². The Balaban J connectivity index is 4.27. The first-order valence-electron chi connectivity index (χ1n) is 6.14. The molecule has 0 rings (SSSR count). The van der Waals surface area contributed by atoms with Crippen LogP contribution >= 0.6 is 0 Å². The fraction of sp³-hybridized carbons (Fsp3) is 0.750. The molecule has 0 amide bonds. The maximum absolute atomic E-state index is 10.9. The highest BCUT2D eigenvalue weighted by atomic mass is 16.5. The summed E-state index contributed by atoms with van der Waals surface area (Å²) in [5.74, 6) is -0.536. The third-order valence-electron chi connectivity index (χ3n) is 2.56. The van der Waals surface area contributed by atoms with E-state index in [0.29, 0.717) is 6.42 Å². The summed E-state index contributed by atoms with van der Waals surface area (Å²) in [6.45, 7) is 2.11. The second-order valence-electron chi connectivity index (χ2n) is 3.99. The van der Waals surface area contributed by atoms with Crippen LogP contribution in [0.1, 0.15) is 39.0 Å². The highest BCUT2D eigenvalue weighted by molar-refractivity contribution is 5.81. The van der Waals surface area contributed by atoms with E-state index in [1.165, 1.54) is 13.2 Å². The summed E-state index contributed by atoms with van der Waals surface area (Å²) in [7, 11) is 1.26. The lowest BCUT2D eigenvalue weighted by molar-refractivity contribution is -0.134. The predicted octanol–water partition coefficient (Wildman–Crippen LogP) is 2.73. The van der Waals surface area contributed by atoms with Gasteiger partial charge >= 0.3 is 5.97 Å². The molecule has 0 spiro atoms. The van der Waals surface area contributed by atoms with Crippen molar-refractivity contribution in [3.05, 3.63) is 22.6 Å². The van der Waals surface area contributed by atoms with Crippen molar-refractivity contribution in [1.82, 2.24) is 0 Å². The average molecular weight is 255 g/mol. The smallest absolute Gasteiger partial charge is 0.330 e. The molecule has 0 aromatic rings. The van der Waals surface area contributed by atoms with E-state index in [9.17, 15) is 9.90 Å². The van der Waals surface area contributed by atoms with Crippen molar-refractivity contribution in [3.63, 3.8) is 0 Å². The van der Waals surface area contributed by atoms with Gasteiger partial charge in [-0.3, -0.25) is 0 Å². The first-order valence-corrected chi connectivity index (χ1v) is 6.14. The zero-order chi connectivity index (χ0) is 13.8. The highest BCUT2D eigenvalue weighted by Gasteiger charge is 2.14. The van der Waals surface area contributed by atoms with Crippen molar-refractivity contribution in [2.75, 3.05) is 7.11 Å². The van der Waals surface area contributed by atoms with E-state index in [1.807, 2.05) is 0 Å². The number of rotatable bonds is 9. The summed E-state index contributed by atoms with van der Waals surface area (Å²) in [5, 5.41) is 13.3. The molecule has 0 heterocycles. The number of aliphatic hydroxyl groups is 1. The third-order valence-corrected chi connectivity index (χ3v) is 2.56. The van der Waals surface area contributed by atoms with Crippen LogP contribution in [0.4, 0.5) is 0 Å². The van der Waals surface area contributed by atoms with Crippen LogP contribution < -0.4 is 0 Å². The number of carbonyl (C=O) groups excluding carboxylic acids is 1. The molecule has 0 aliphatic carbocycles. The fourth-order valence-electron chi connectivity index (χ4n) is 1.50. The molecule has 0 aliphatic heterocycles. The summed E-state index contributed by atoms with van der Waals surface area (Å²) < 4.78 is 4.43. The Hall–Kier alpha value is -1.52. The minimum absolute atomic E-state index is 0.536. The van der Waals surface area contributed by atoms with E-state index in [1.54, 1.807) is 0 Å². The molecule has 0 bridgehead atoms. The quantitative estimate of drug-likeness (QED) is 0.171. The zero-order valence-corrected chi connectivity index (χ0v) is 11.0. The van der Waals surface area contributed by atoms with Crippen molar-refractivity contribution in [1.29, 1.82) is 0 Å². The molecule has 6 heteroatoms. The molecule has 0 radical (unpaired) electrons. The van der Waals surface area contributed by atoms with Gasteiger partial charge in [0.2, 0.25) is 0 Å². The molecule has 0 fully saturated rings. The molecular weight excluding hydrogens is 234 g/mol. The standard InChI is InChI=1S/C12H21N3O3/c1-3-4-5-6-7-11(16)10(14-15-13)8-9-12(17)18-2/h8-11,16H,3-7H2,1-2H3/b9-8+/t10-,11+/m0/s1. The second-order valence-corrected chi connectivity index (χ2v) is 3.99. The first-order chi connectivity index (χ1) is 8.65. The van der Waals surface area contributed by atoms with Crippen LogP contribution in [0.5, 0.6) is 0 Å². The van der Waals surface area contributed by atoms with Gasteiger partial charge in [0.25, 0.3) is 0 Å². The molecule has 0 aromatic carbocycles. The molecule has 1 N–H and O–H groups in total. The summed E-state index contributed by atoms with van der Waals surface area (Å²) in [6, 6.07) is -0.726. The summed E-state index contributed by atoms with van der Waals surface area (Å²) >= 11 is 0. The fourth-order valence-corrected chi connectivity index (χ4v) is 1.50. The van der Waals surface area contributed by atoms with Gasteiger partial charge in [0.05, 0.1) is 19.3 Å². The number of methoxy groups -OCH3 is 1. The number of ether oxygens (including phenoxy) is 1. The van der Waals surface area contributed by atoms with E-state index < -0.39 is 18.1 Å². The Morgan fingerprint density at radius 1 is 1.50 bits per heavy atom. The largest absolute Gasteiger partial charge is 0.466 e. The number of carbonyl (C=O) groups is 1. The van der Waals surface area contributed by atoms with Crippen LogP contribution in [0.3, 0.4) is 0 Å². The second kappa shape index (κ2) is 10.6. The summed E-state index contributed by atoms with van der Waals surface area (Å²) in [6.07, 6.45) is 6.48. The minimum Gasteiger partial charge on any atom is -0.466 e. The monoisotopic (exact) mass is 255 g/mol. The van der Waals surface area contributed by atoms with Crippen molar-refractivity contribution >= 4 is 5.97 Å². The number of nitrogens with zero attached hydrogens (tertiary/aromatic N) is 3. The lowest BCUT2D eigenvalue weighted by Crippen LogP contribution is -2.22. The summed E-state index contributed by atoms with van der Waals surface area (Å²) in [5.41, 5.74) is 8.41. The third kappa shape index (κ3) is 7.70. The molecule has 0 saturated carbocycles. The van der Waals surface area contributed by atoms with Crippen LogP contribution in [0.25, 0.3) is 10.4 Å². The Morgan fingerprint density at radius 3 is 2.78 bits per heavy atom. The molecular formula is C12H21N3O3. The van der Waals surface area contributed by atoms with Crippen LogP contribution in [0, 0.1) is 0 Å². The van der Waals surface area contributed by atoms with Crippen molar-refractivity contribution in [2.45, 2.75) is 51.2 Å². The van der Waals surface area contributed by atoms with Gasteiger partial charge in [0.15, 0.2) is 0 Å². The van der Waals surface area contributed by atoms with Gasteiger partial charge in [-0.25, -0.2) is 4.79 Å². The molecule has 0 unspecified atom stereocenters. The molecule has 6 nitrogen and oxygen atoms in total. The van der Waals surface area contributed by atoms with Gasteiger partial charge in [-0.05, 0) is 12.0 Å². The number of esters is 1. The van der Waals surface area contributed by atoms with Crippen LogP contribution in [0.2, 0.25) is 0 Å². The summed E-state index contributed by atoms with van der Waals surface area (Å²) in [4.78, 5) is 13.6. The maximum Gasteiger partial charge on any atom is 0.330 e. The number of azide groups is 1. The van der Waals surface area contributed by atoms with Crippen LogP contribution in [0.15, 0.2) is 17.3 Å². The van der Waals surface area contributed by atoms with Gasteiger partial charge in [0.1, 0.15) is 0 Å². The lowest BCUT2D eigenvalue weighted by atomic mass is 10.0. The predicted molar refractivity (Wildman–Crippen MR) is 68.9 cm³/mol. The van der Waals surface area contributed by atoms with E-state index in [-0.39, 0.29) is 0 Å². The molecule has 0 aromatic heterocycles. The number of hydrogen-bond acceptors (Lipinski definition) is 4. The molecule has 0 saturated heterocycles. The molecule has 102 valence electrons. The first kappa shape index (κ1) is 16.5. The van der Waals surface area contributed by atoms with Gasteiger partial charge < -0.3 is 9.84 Å². The molecule has 18 heavy (non-hydrogen) atoms. The van der Waals surface area contributed by atoms with E-state index in [0.717, 1.165) is 31.8 Å². The zero-order valence-electron chi connectivity index (χ0n) is 11.0. The SMILES string of the molecule is CCCCCC[C@@H](O)[C@H](/C=C/C(=O)OC)N=[N+]=[N-]. The van der Waals surface area contributed by atoms with Gasteiger partial charge in [0, 0.05) is 11.0 Å². The van der Waals surface area contributed by atoms with Gasteiger partial charge in [-0.15, -0.1) is 0 Å². The Labute approximate surface area is 107 Å². The van der Waals surface area contributed by atoms with Crippen LogP contribution in [-0.4, -0.2) is 30.3 Å². The lowest BCUT2D eigenvalue weighted by Gasteiger charge is -2.14. The Morgan fingerprint density at radius 2 is 2.22 bits per heavy atom. The van der Waals surface area contributed by atoms with Gasteiger partial charge in [-0.1, -0.05) is 43.8 Å². The normalized spacial score (nSPS) is 13.9. The Bertz CT molecular complexity index is 312. The minimum atomic E-state index is -0.765. The van der Waals surface area contributed by atoms with E-state index >= 15 is 0 Å². The van der Waals surface area contributed by atoms with E-state index in [2.05, 4.69) is 21.7 Å². The number of unbranched alkanes of at least 4 members (excludes halogenated alkanes) is 3. The molecule has 0 aliphatic rings. The van der Waals surface area contributed by atoms with Gasteiger partial charge in [-0.2, -0.15) is 0 Å². The topological polar surface area (TPSA) is 95.3 Å². The van der Waals surface area contributed by atoms with E-state index in [4.69, 9.17) is 5.53 Å². The van der Waals surface area contributed by atoms with Crippen molar-refractivity contribution in [2.24, 2.45) is 5.11 Å². The Kier molecular flexibility index (Phi) is 9.73. The van der Waals surface area contributed by atoms with Crippen molar-refractivity contribution < 1.29 is 14.6 Å². The van der Waals surface area contributed by atoms with Crippen LogP contribution in [-0.2, 0) is 9.53 Å². The number of hydrogen-bond donors (Lipinski definition) is 1. The molecule has 2 atom stereocenters. The maximum atomic E-state index is 10.9. The number of aliphatic hydroxyl groups excluding tert-OH is 1. The highest BCUT2D eigenvalue weighted by Crippen LogP contribution is 2.12.